The van der Waals surface area contributed by atoms with E-state index in [-0.39, 0.29) is 130 Å². The molecule has 1 aliphatic rings. The molecular weight excluding hydrogens is 982 g/mol. The quantitative estimate of drug-likeness (QED) is 0.0340. The van der Waals surface area contributed by atoms with E-state index in [1.54, 1.807) is 42.8 Å². The third-order valence-corrected chi connectivity index (χ3v) is 11.5. The molecule has 69 heavy (non-hydrogen) atoms. The Balaban J connectivity index is 1.99. The van der Waals surface area contributed by atoms with Crippen LogP contribution in [0.2, 0.25) is 0 Å². The Morgan fingerprint density at radius 3 is 1.58 bits per heavy atom. The van der Waals surface area contributed by atoms with Gasteiger partial charge in [0, 0.05) is 97.5 Å². The van der Waals surface area contributed by atoms with Crippen LogP contribution in [0.5, 0.6) is 0 Å². The van der Waals surface area contributed by atoms with Gasteiger partial charge < -0.3 is 56.6 Å². The first kappa shape index (κ1) is 59.1. The van der Waals surface area contributed by atoms with E-state index in [2.05, 4.69) is 36.9 Å². The Labute approximate surface area is 406 Å². The minimum absolute atomic E-state index is 0.0587. The summed E-state index contributed by atoms with van der Waals surface area (Å²) in [5.41, 5.74) is 0.711. The normalized spacial score (nSPS) is 15.8. The Hall–Kier alpha value is -6.03. The third-order valence-electron chi connectivity index (χ3n) is 11.0. The first-order valence-electron chi connectivity index (χ1n) is 22.3. The van der Waals surface area contributed by atoms with Crippen molar-refractivity contribution in [3.05, 3.63) is 28.5 Å². The first-order chi connectivity index (χ1) is 32.6. The minimum atomic E-state index is -1.56. The molecule has 2 rings (SSSR count). The zero-order valence-electron chi connectivity index (χ0n) is 38.2. The van der Waals surface area contributed by atoms with Gasteiger partial charge in [0.15, 0.2) is 0 Å². The van der Waals surface area contributed by atoms with Crippen molar-refractivity contribution in [2.24, 2.45) is 0 Å². The average molecular weight is 1050 g/mol. The predicted octanol–water partition coefficient (Wildman–Crippen LogP) is -0.591. The summed E-state index contributed by atoms with van der Waals surface area (Å²) in [6, 6.07) is -1.79. The van der Waals surface area contributed by atoms with E-state index in [1.165, 1.54) is 0 Å². The van der Waals surface area contributed by atoms with Crippen molar-refractivity contribution in [2.75, 3.05) is 85.1 Å². The van der Waals surface area contributed by atoms with Crippen molar-refractivity contribution < 1.29 is 83.7 Å². The summed E-state index contributed by atoms with van der Waals surface area (Å²) in [5.74, 6) is -9.44. The number of urea groups is 1. The van der Waals surface area contributed by atoms with E-state index in [1.807, 2.05) is 0 Å². The molecule has 3 atom stereocenters. The molecule has 1 aromatic heterocycles. The summed E-state index contributed by atoms with van der Waals surface area (Å²) in [6.07, 6.45) is 1.61. The number of amides is 4. The smallest absolute Gasteiger partial charge is 0.326 e. The highest BCUT2D eigenvalue weighted by Gasteiger charge is 2.29. The van der Waals surface area contributed by atoms with Crippen LogP contribution in [-0.2, 0) is 49.7 Å². The lowest BCUT2D eigenvalue weighted by Crippen LogP contribution is -2.52. The number of pyridine rings is 1. The standard InChI is InChI=1S/C42H64BrN9O17/c43-32-10-7-28(23-45-32)24-52(14-4-2-5-29(39(63)64)46-42(69)47-30(40(65)66)8-12-35(55)56)34(54)6-1-3-13-44-33(53)11-9-31(41(67)68)51-21-19-49(26-37(59)60)17-15-48(25-36(57)58)16-18-50(20-22-51)27-38(61)62/h7,10,23,29-31H,1-6,8-9,11-22,24-27H2,(H,44,53)(H,55,56)(H,57,58)(H,59,60)(H,61,62)(H,63,64)(H,65,66)(H,67,68)(H2,46,47,69)/t29-,30?,31?/m0/s1. The number of aliphatic carboxylic acids is 7. The number of carboxylic acids is 7. The lowest BCUT2D eigenvalue weighted by atomic mass is 10.1. The number of hydrogen-bond acceptors (Lipinski definition) is 15. The highest BCUT2D eigenvalue weighted by Crippen LogP contribution is 2.14. The molecule has 0 aliphatic carbocycles. The number of nitrogens with one attached hydrogen (secondary N) is 3. The van der Waals surface area contributed by atoms with Gasteiger partial charge in [-0.3, -0.25) is 53.2 Å². The van der Waals surface area contributed by atoms with Crippen LogP contribution in [0.4, 0.5) is 4.79 Å². The maximum absolute atomic E-state index is 13.5. The predicted molar refractivity (Wildman–Crippen MR) is 244 cm³/mol. The Bertz CT molecular complexity index is 1860. The van der Waals surface area contributed by atoms with Gasteiger partial charge in [-0.15, -0.1) is 0 Å². The van der Waals surface area contributed by atoms with Gasteiger partial charge in [-0.1, -0.05) is 6.07 Å². The van der Waals surface area contributed by atoms with Crippen LogP contribution in [0.3, 0.4) is 0 Å². The third kappa shape index (κ3) is 25.8. The van der Waals surface area contributed by atoms with Crippen molar-refractivity contribution in [2.45, 2.75) is 88.9 Å². The lowest BCUT2D eigenvalue weighted by Gasteiger charge is -2.35. The van der Waals surface area contributed by atoms with Gasteiger partial charge in [-0.25, -0.2) is 19.4 Å². The van der Waals surface area contributed by atoms with Crippen LogP contribution in [0.15, 0.2) is 22.9 Å². The SMILES string of the molecule is O=C(O)CCC(NC(=O)N[C@@H](CCCCN(Cc1ccc(Br)nc1)C(=O)CCCCNC(=O)CCC(C(=O)O)N1CCN(CC(=O)O)CCN(CC(=O)O)CCN(CC(=O)O)CC1)C(=O)O)C(=O)O. The van der Waals surface area contributed by atoms with Gasteiger partial charge in [0.1, 0.15) is 22.7 Å². The molecule has 0 radical (unpaired) electrons. The highest BCUT2D eigenvalue weighted by atomic mass is 79.9. The number of hydrogen-bond donors (Lipinski definition) is 10. The molecule has 0 bridgehead atoms. The van der Waals surface area contributed by atoms with Crippen molar-refractivity contribution in [3.63, 3.8) is 0 Å². The van der Waals surface area contributed by atoms with Gasteiger partial charge >= 0.3 is 47.8 Å². The molecule has 1 fully saturated rings. The molecule has 27 heteroatoms. The van der Waals surface area contributed by atoms with E-state index in [4.69, 9.17) is 5.11 Å². The molecule has 1 saturated heterocycles. The van der Waals surface area contributed by atoms with Crippen molar-refractivity contribution >= 4 is 75.6 Å². The zero-order chi connectivity index (χ0) is 51.5. The van der Waals surface area contributed by atoms with Crippen molar-refractivity contribution in [1.82, 2.24) is 45.4 Å². The second-order valence-corrected chi connectivity index (χ2v) is 17.2. The van der Waals surface area contributed by atoms with Crippen molar-refractivity contribution in [1.29, 1.82) is 0 Å². The van der Waals surface area contributed by atoms with E-state index in [0.29, 0.717) is 29.4 Å². The molecule has 26 nitrogen and oxygen atoms in total. The summed E-state index contributed by atoms with van der Waals surface area (Å²) < 4.78 is 0.578. The molecule has 0 saturated carbocycles. The summed E-state index contributed by atoms with van der Waals surface area (Å²) >= 11 is 3.27. The van der Waals surface area contributed by atoms with Crippen LogP contribution >= 0.6 is 15.9 Å². The maximum Gasteiger partial charge on any atom is 0.326 e. The van der Waals surface area contributed by atoms with Gasteiger partial charge in [0.2, 0.25) is 11.8 Å². The van der Waals surface area contributed by atoms with Crippen LogP contribution in [0.25, 0.3) is 0 Å². The van der Waals surface area contributed by atoms with E-state index in [0.717, 1.165) is 0 Å². The van der Waals surface area contributed by atoms with Crippen LogP contribution in [0.1, 0.15) is 69.8 Å². The van der Waals surface area contributed by atoms with Gasteiger partial charge in [-0.05, 0) is 72.5 Å². The molecule has 0 aromatic carbocycles. The Morgan fingerprint density at radius 1 is 0.594 bits per heavy atom. The molecule has 0 spiro atoms. The first-order valence-corrected chi connectivity index (χ1v) is 23.1. The summed E-state index contributed by atoms with van der Waals surface area (Å²) in [5, 5.41) is 73.5. The van der Waals surface area contributed by atoms with Crippen molar-refractivity contribution in [3.8, 4) is 0 Å². The topological polar surface area (TPSA) is 377 Å². The van der Waals surface area contributed by atoms with Gasteiger partial charge in [-0.2, -0.15) is 0 Å². The largest absolute Gasteiger partial charge is 0.481 e. The van der Waals surface area contributed by atoms with Crippen LogP contribution in [-0.4, -0.2) is 228 Å². The van der Waals surface area contributed by atoms with E-state index < -0.39 is 84.7 Å². The molecular formula is C42H64BrN9O17. The number of carboxylic acid groups (broad SMARTS) is 7. The maximum atomic E-state index is 13.5. The average Bonchev–Trinajstić information content (AvgIpc) is 3.25. The number of unbranched alkanes of at least 4 members (excludes halogenated alkanes) is 2. The number of rotatable bonds is 30. The van der Waals surface area contributed by atoms with Gasteiger partial charge in [0.25, 0.3) is 0 Å². The fourth-order valence-corrected chi connectivity index (χ4v) is 7.56. The molecule has 1 aromatic rings. The number of aromatic nitrogens is 1. The van der Waals surface area contributed by atoms with E-state index >= 15 is 0 Å². The second kappa shape index (κ2) is 31.9. The zero-order valence-corrected chi connectivity index (χ0v) is 39.8. The monoisotopic (exact) mass is 1050 g/mol. The number of halogens is 1. The fraction of sp³-hybridized carbons (Fsp3) is 0.643. The molecule has 10 N–H and O–H groups in total. The summed E-state index contributed by atoms with van der Waals surface area (Å²) in [4.78, 5) is 132. The molecule has 4 amide bonds. The van der Waals surface area contributed by atoms with Gasteiger partial charge in [0.05, 0.1) is 19.6 Å². The summed E-state index contributed by atoms with van der Waals surface area (Å²) in [7, 11) is 0. The molecule has 2 heterocycles. The number of carbonyl (C=O) groups is 10. The van der Waals surface area contributed by atoms with E-state index in [9.17, 15) is 78.6 Å². The van der Waals surface area contributed by atoms with Crippen LogP contribution in [0, 0.1) is 0 Å². The minimum Gasteiger partial charge on any atom is -0.481 e. The Kier molecular flexibility index (Phi) is 27.3. The summed E-state index contributed by atoms with van der Waals surface area (Å²) in [6.45, 7) is 0.372. The number of nitrogens with zero attached hydrogens (tertiary/aromatic N) is 6. The number of carbonyl (C=O) groups excluding carboxylic acids is 3. The van der Waals surface area contributed by atoms with Crippen LogP contribution < -0.4 is 16.0 Å². The lowest BCUT2D eigenvalue weighted by molar-refractivity contribution is -0.145. The Morgan fingerprint density at radius 2 is 1.12 bits per heavy atom. The molecule has 2 unspecified atom stereocenters. The molecule has 1 aliphatic heterocycles. The molecule has 386 valence electrons. The highest BCUT2D eigenvalue weighted by molar-refractivity contribution is 9.10. The fourth-order valence-electron chi connectivity index (χ4n) is 7.32. The second-order valence-electron chi connectivity index (χ2n) is 16.4.